The molecule has 0 amide bonds. The molecule has 0 bridgehead atoms. The summed E-state index contributed by atoms with van der Waals surface area (Å²) in [4.78, 5) is 12.3. The number of rotatable bonds is 7. The molecule has 1 aromatic heterocycles. The zero-order valence-corrected chi connectivity index (χ0v) is 16.1. The van der Waals surface area contributed by atoms with E-state index < -0.39 is 0 Å². The summed E-state index contributed by atoms with van der Waals surface area (Å²) in [6.45, 7) is 1.11. The number of aliphatic hydroxyl groups excluding tert-OH is 2. The molecule has 3 N–H and O–H groups in total. The third kappa shape index (κ3) is 4.42. The molecule has 2 aromatic carbocycles. The minimum Gasteiger partial charge on any atom is -0.496 e. The molecule has 3 rings (SSSR count). The van der Waals surface area contributed by atoms with Crippen molar-refractivity contribution in [2.45, 2.75) is 20.1 Å². The average Bonchev–Trinajstić information content (AvgIpc) is 3.21. The number of nitrogens with zero attached hydrogens (tertiary/aromatic N) is 1. The Kier molecular flexibility index (Phi) is 6.21. The van der Waals surface area contributed by atoms with Gasteiger partial charge in [0.15, 0.2) is 5.78 Å². The first kappa shape index (κ1) is 20.4. The summed E-state index contributed by atoms with van der Waals surface area (Å²) in [5.41, 5.74) is 3.76. The van der Waals surface area contributed by atoms with Crippen LogP contribution in [0.1, 0.15) is 32.7 Å². The Morgan fingerprint density at radius 1 is 1.21 bits per heavy atom. The Labute approximate surface area is 167 Å². The van der Waals surface area contributed by atoms with E-state index in [2.05, 4.69) is 10.2 Å². The van der Waals surface area contributed by atoms with Crippen molar-refractivity contribution in [3.05, 3.63) is 76.2 Å². The minimum atomic E-state index is -0.353. The van der Waals surface area contributed by atoms with Gasteiger partial charge in [0.05, 0.1) is 31.7 Å². The SMILES string of the molecule is COc1cc(-c2cc(/C=C/C(=O)c3ccc(F)c(C)c3)[nH]n2)cc(CO)c1CO. The maximum absolute atomic E-state index is 13.4. The van der Waals surface area contributed by atoms with Gasteiger partial charge in [0.2, 0.25) is 0 Å². The zero-order chi connectivity index (χ0) is 21.0. The van der Waals surface area contributed by atoms with E-state index in [0.717, 1.165) is 0 Å². The van der Waals surface area contributed by atoms with Gasteiger partial charge in [-0.25, -0.2) is 4.39 Å². The van der Waals surface area contributed by atoms with Crippen LogP contribution in [0.25, 0.3) is 17.3 Å². The number of aryl methyl sites for hydroxylation is 1. The number of ether oxygens (including phenoxy) is 1. The normalized spacial score (nSPS) is 11.2. The first-order chi connectivity index (χ1) is 14.0. The molecule has 3 aromatic rings. The number of carbonyl (C=O) groups is 1. The average molecular weight is 396 g/mol. The van der Waals surface area contributed by atoms with E-state index in [1.54, 1.807) is 31.2 Å². The number of hydrogen-bond donors (Lipinski definition) is 3. The van der Waals surface area contributed by atoms with Gasteiger partial charge in [0.25, 0.3) is 0 Å². The fourth-order valence-electron chi connectivity index (χ4n) is 2.98. The molecular formula is C22H21FN2O4. The highest BCUT2D eigenvalue weighted by Gasteiger charge is 2.13. The van der Waals surface area contributed by atoms with Crippen molar-refractivity contribution < 1.29 is 24.1 Å². The standard InChI is InChI=1S/C22H21FN2O4/c1-13-7-14(3-5-19(13)23)21(28)6-4-17-10-20(25-24-17)15-8-16(11-26)18(12-27)22(9-15)29-2/h3-10,26-27H,11-12H2,1-2H3,(H,24,25)/b6-4+. The number of H-pyrrole nitrogens is 1. The van der Waals surface area contributed by atoms with Crippen LogP contribution >= 0.6 is 0 Å². The highest BCUT2D eigenvalue weighted by molar-refractivity contribution is 6.06. The predicted octanol–water partition coefficient (Wildman–Crippen LogP) is 3.41. The number of aromatic amines is 1. The molecule has 1 heterocycles. The van der Waals surface area contributed by atoms with E-state index in [1.807, 2.05) is 0 Å². The number of benzene rings is 2. The van der Waals surface area contributed by atoms with E-state index >= 15 is 0 Å². The van der Waals surface area contributed by atoms with Crippen LogP contribution in [0.3, 0.4) is 0 Å². The van der Waals surface area contributed by atoms with Gasteiger partial charge < -0.3 is 14.9 Å². The van der Waals surface area contributed by atoms with E-state index in [-0.39, 0.29) is 24.8 Å². The second kappa shape index (κ2) is 8.81. The molecule has 0 spiro atoms. The van der Waals surface area contributed by atoms with Crippen molar-refractivity contribution in [3.63, 3.8) is 0 Å². The van der Waals surface area contributed by atoms with Crippen molar-refractivity contribution in [3.8, 4) is 17.0 Å². The number of carbonyl (C=O) groups excluding carboxylic acids is 1. The number of allylic oxidation sites excluding steroid dienone is 1. The lowest BCUT2D eigenvalue weighted by Crippen LogP contribution is -1.99. The number of ketones is 1. The molecule has 0 radical (unpaired) electrons. The lowest BCUT2D eigenvalue weighted by atomic mass is 10.0. The fraction of sp³-hybridized carbons (Fsp3) is 0.182. The Morgan fingerprint density at radius 2 is 2.00 bits per heavy atom. The summed E-state index contributed by atoms with van der Waals surface area (Å²) in [6, 6.07) is 9.41. The highest BCUT2D eigenvalue weighted by atomic mass is 19.1. The lowest BCUT2D eigenvalue weighted by molar-refractivity contribution is 0.104. The van der Waals surface area contributed by atoms with Crippen LogP contribution in [-0.4, -0.2) is 33.3 Å². The van der Waals surface area contributed by atoms with Crippen molar-refractivity contribution in [1.82, 2.24) is 10.2 Å². The molecule has 6 nitrogen and oxygen atoms in total. The van der Waals surface area contributed by atoms with Gasteiger partial charge in [-0.3, -0.25) is 9.89 Å². The number of aromatic nitrogens is 2. The summed E-state index contributed by atoms with van der Waals surface area (Å²) in [7, 11) is 1.49. The molecule has 0 aliphatic carbocycles. The molecule has 0 fully saturated rings. The first-order valence-corrected chi connectivity index (χ1v) is 8.92. The van der Waals surface area contributed by atoms with Gasteiger partial charge in [-0.2, -0.15) is 5.10 Å². The summed E-state index contributed by atoms with van der Waals surface area (Å²) >= 11 is 0. The molecule has 7 heteroatoms. The van der Waals surface area contributed by atoms with E-state index in [9.17, 15) is 19.4 Å². The molecule has 0 saturated carbocycles. The third-order valence-electron chi connectivity index (χ3n) is 4.60. The lowest BCUT2D eigenvalue weighted by Gasteiger charge is -2.12. The second-order valence-corrected chi connectivity index (χ2v) is 6.50. The van der Waals surface area contributed by atoms with Crippen molar-refractivity contribution in [2.24, 2.45) is 0 Å². The van der Waals surface area contributed by atoms with E-state index in [0.29, 0.717) is 45.0 Å². The maximum atomic E-state index is 13.4. The summed E-state index contributed by atoms with van der Waals surface area (Å²) < 4.78 is 18.7. The van der Waals surface area contributed by atoms with Crippen molar-refractivity contribution >= 4 is 11.9 Å². The van der Waals surface area contributed by atoms with Crippen molar-refractivity contribution in [1.29, 1.82) is 0 Å². The third-order valence-corrected chi connectivity index (χ3v) is 4.60. The Bertz CT molecular complexity index is 1050. The molecule has 150 valence electrons. The Balaban J connectivity index is 1.84. The first-order valence-electron chi connectivity index (χ1n) is 8.92. The molecule has 29 heavy (non-hydrogen) atoms. The number of aliphatic hydroxyl groups is 2. The summed E-state index contributed by atoms with van der Waals surface area (Å²) in [5.74, 6) is -0.148. The second-order valence-electron chi connectivity index (χ2n) is 6.50. The van der Waals surface area contributed by atoms with E-state index in [4.69, 9.17) is 4.74 Å². The van der Waals surface area contributed by atoms with Crippen LogP contribution < -0.4 is 4.74 Å². The molecule has 0 aliphatic rings. The monoisotopic (exact) mass is 396 g/mol. The van der Waals surface area contributed by atoms with Crippen LogP contribution in [0.5, 0.6) is 5.75 Å². The van der Waals surface area contributed by atoms with E-state index in [1.165, 1.54) is 31.4 Å². The van der Waals surface area contributed by atoms with Crippen LogP contribution in [-0.2, 0) is 13.2 Å². The van der Waals surface area contributed by atoms with Gasteiger partial charge in [-0.1, -0.05) is 0 Å². The smallest absolute Gasteiger partial charge is 0.185 e. The summed E-state index contributed by atoms with van der Waals surface area (Å²) in [6.07, 6.45) is 2.97. The maximum Gasteiger partial charge on any atom is 0.185 e. The van der Waals surface area contributed by atoms with Crippen LogP contribution in [0.15, 0.2) is 42.5 Å². The highest BCUT2D eigenvalue weighted by Crippen LogP contribution is 2.30. The van der Waals surface area contributed by atoms with Crippen LogP contribution in [0, 0.1) is 12.7 Å². The quantitative estimate of drug-likeness (QED) is 0.420. The molecular weight excluding hydrogens is 375 g/mol. The number of hydrogen-bond acceptors (Lipinski definition) is 5. The van der Waals surface area contributed by atoms with Gasteiger partial charge in [-0.05, 0) is 66.6 Å². The molecule has 0 atom stereocenters. The van der Waals surface area contributed by atoms with Gasteiger partial charge in [0.1, 0.15) is 11.6 Å². The fourth-order valence-corrected chi connectivity index (χ4v) is 2.98. The predicted molar refractivity (Wildman–Crippen MR) is 107 cm³/mol. The molecule has 0 saturated heterocycles. The minimum absolute atomic E-state index is 0.247. The van der Waals surface area contributed by atoms with Gasteiger partial charge in [0, 0.05) is 16.7 Å². The van der Waals surface area contributed by atoms with Crippen molar-refractivity contribution in [2.75, 3.05) is 7.11 Å². The van der Waals surface area contributed by atoms with Gasteiger partial charge in [-0.15, -0.1) is 0 Å². The zero-order valence-electron chi connectivity index (χ0n) is 16.1. The topological polar surface area (TPSA) is 95.4 Å². The molecule has 0 unspecified atom stereocenters. The van der Waals surface area contributed by atoms with Gasteiger partial charge >= 0.3 is 0 Å². The number of nitrogens with one attached hydrogen (secondary N) is 1. The largest absolute Gasteiger partial charge is 0.496 e. The van der Waals surface area contributed by atoms with Crippen LogP contribution in [0.2, 0.25) is 0 Å². The summed E-state index contributed by atoms with van der Waals surface area (Å²) in [5, 5.41) is 26.1. The Morgan fingerprint density at radius 3 is 2.66 bits per heavy atom. The molecule has 0 aliphatic heterocycles. The number of halogens is 1. The van der Waals surface area contributed by atoms with Crippen LogP contribution in [0.4, 0.5) is 4.39 Å². The number of methoxy groups -OCH3 is 1. The Hall–Kier alpha value is -3.29.